The summed E-state index contributed by atoms with van der Waals surface area (Å²) in [4.78, 5) is 2.63. The van der Waals surface area contributed by atoms with Gasteiger partial charge in [-0.25, -0.2) is 4.31 Å². The van der Waals surface area contributed by atoms with Crippen LogP contribution in [0.1, 0.15) is 26.7 Å². The van der Waals surface area contributed by atoms with Crippen molar-refractivity contribution in [2.45, 2.75) is 44.8 Å². The Labute approximate surface area is 80.5 Å². The second kappa shape index (κ2) is 3.20. The van der Waals surface area contributed by atoms with E-state index in [-0.39, 0.29) is 0 Å². The largest absolute Gasteiger partial charge is 0.295 e. The Balaban J connectivity index is 2.05. The van der Waals surface area contributed by atoms with Gasteiger partial charge in [0.1, 0.15) is 0 Å². The van der Waals surface area contributed by atoms with Crippen LogP contribution < -0.4 is 0 Å². The maximum atomic E-state index is 4.48. The fraction of sp³-hybridized carbons (Fsp3) is 1.00. The van der Waals surface area contributed by atoms with Gasteiger partial charge in [-0.2, -0.15) is 0 Å². The standard InChI is InChI=1S/C9H18N2S/c1-7(2)10-5-9-4-3-8(10)6-11(9)12/h7-9,12H,3-6H2,1-2H3. The third-order valence-electron chi connectivity index (χ3n) is 3.21. The molecule has 0 aromatic heterocycles. The molecule has 0 saturated carbocycles. The molecule has 70 valence electrons. The summed E-state index contributed by atoms with van der Waals surface area (Å²) < 4.78 is 2.23. The van der Waals surface area contributed by atoms with E-state index in [1.54, 1.807) is 0 Å². The van der Waals surface area contributed by atoms with E-state index in [4.69, 9.17) is 0 Å². The van der Waals surface area contributed by atoms with Gasteiger partial charge in [0.15, 0.2) is 0 Å². The number of fused-ring (bicyclic) bond motifs is 3. The van der Waals surface area contributed by atoms with E-state index in [0.29, 0.717) is 12.1 Å². The molecule has 2 bridgehead atoms. The number of nitrogens with zero attached hydrogens (tertiary/aromatic N) is 2. The van der Waals surface area contributed by atoms with E-state index in [9.17, 15) is 0 Å². The molecule has 0 N–H and O–H groups in total. The monoisotopic (exact) mass is 186 g/mol. The van der Waals surface area contributed by atoms with Crippen molar-refractivity contribution < 1.29 is 0 Å². The zero-order valence-electron chi connectivity index (χ0n) is 7.90. The highest BCUT2D eigenvalue weighted by Gasteiger charge is 2.38. The van der Waals surface area contributed by atoms with Crippen LogP contribution in [0, 0.1) is 0 Å². The van der Waals surface area contributed by atoms with E-state index in [1.807, 2.05) is 0 Å². The summed E-state index contributed by atoms with van der Waals surface area (Å²) in [5, 5.41) is 0. The quantitative estimate of drug-likeness (QED) is 0.618. The second-order valence-corrected chi connectivity index (χ2v) is 4.81. The Kier molecular flexibility index (Phi) is 2.36. The first-order chi connectivity index (χ1) is 5.68. The molecule has 0 aliphatic carbocycles. The van der Waals surface area contributed by atoms with Crippen molar-refractivity contribution in [3.05, 3.63) is 0 Å². The molecule has 0 aromatic rings. The Morgan fingerprint density at radius 1 is 1.17 bits per heavy atom. The number of hydrogen-bond donors (Lipinski definition) is 1. The smallest absolute Gasteiger partial charge is 0.0329 e. The average Bonchev–Trinajstić information content (AvgIpc) is 2.04. The number of rotatable bonds is 1. The summed E-state index contributed by atoms with van der Waals surface area (Å²) in [6.07, 6.45) is 2.72. The van der Waals surface area contributed by atoms with Gasteiger partial charge in [-0.1, -0.05) is 12.8 Å². The van der Waals surface area contributed by atoms with Crippen LogP contribution in [0.3, 0.4) is 0 Å². The molecule has 0 aromatic carbocycles. The summed E-state index contributed by atoms with van der Waals surface area (Å²) >= 11 is 4.48. The normalized spacial score (nSPS) is 38.0. The van der Waals surface area contributed by atoms with Crippen molar-refractivity contribution in [2.75, 3.05) is 13.1 Å². The van der Waals surface area contributed by atoms with Gasteiger partial charge >= 0.3 is 0 Å². The van der Waals surface area contributed by atoms with Crippen LogP contribution in [0.25, 0.3) is 0 Å². The molecule has 0 spiro atoms. The van der Waals surface area contributed by atoms with E-state index in [1.165, 1.54) is 19.4 Å². The molecule has 3 heteroatoms. The Morgan fingerprint density at radius 2 is 1.83 bits per heavy atom. The number of thiol groups is 1. The van der Waals surface area contributed by atoms with Gasteiger partial charge in [0, 0.05) is 31.2 Å². The van der Waals surface area contributed by atoms with Gasteiger partial charge in [0.05, 0.1) is 0 Å². The summed E-state index contributed by atoms with van der Waals surface area (Å²) in [6.45, 7) is 6.98. The predicted octanol–water partition coefficient (Wildman–Crippen LogP) is 1.39. The fourth-order valence-electron chi connectivity index (χ4n) is 2.47. The van der Waals surface area contributed by atoms with Crippen molar-refractivity contribution in [3.8, 4) is 0 Å². The zero-order valence-corrected chi connectivity index (χ0v) is 8.80. The summed E-state index contributed by atoms with van der Waals surface area (Å²) in [5.74, 6) is 0. The zero-order chi connectivity index (χ0) is 8.72. The van der Waals surface area contributed by atoms with Crippen molar-refractivity contribution >= 4 is 12.8 Å². The highest BCUT2D eigenvalue weighted by Crippen LogP contribution is 2.30. The van der Waals surface area contributed by atoms with E-state index in [0.717, 1.165) is 12.6 Å². The summed E-state index contributed by atoms with van der Waals surface area (Å²) in [5.41, 5.74) is 0. The van der Waals surface area contributed by atoms with Crippen LogP contribution in [0.2, 0.25) is 0 Å². The predicted molar refractivity (Wildman–Crippen MR) is 54.3 cm³/mol. The van der Waals surface area contributed by atoms with Crippen LogP contribution in [0.15, 0.2) is 0 Å². The SMILES string of the molecule is CC(C)N1CC2CCC1CN2S. The van der Waals surface area contributed by atoms with Crippen LogP contribution in [0.5, 0.6) is 0 Å². The lowest BCUT2D eigenvalue weighted by Crippen LogP contribution is -2.61. The Morgan fingerprint density at radius 3 is 2.25 bits per heavy atom. The topological polar surface area (TPSA) is 6.48 Å². The van der Waals surface area contributed by atoms with E-state index < -0.39 is 0 Å². The number of piperazine rings is 1. The molecule has 12 heavy (non-hydrogen) atoms. The first-order valence-corrected chi connectivity index (χ1v) is 5.29. The number of hydrogen-bond acceptors (Lipinski definition) is 3. The van der Waals surface area contributed by atoms with Gasteiger partial charge in [0.25, 0.3) is 0 Å². The first kappa shape index (κ1) is 8.85. The molecule has 2 nitrogen and oxygen atoms in total. The van der Waals surface area contributed by atoms with Gasteiger partial charge in [-0.05, 0) is 26.7 Å². The Hall–Kier alpha value is 0.270. The van der Waals surface area contributed by atoms with E-state index in [2.05, 4.69) is 35.9 Å². The molecule has 0 amide bonds. The summed E-state index contributed by atoms with van der Waals surface area (Å²) in [6, 6.07) is 2.19. The first-order valence-electron chi connectivity index (χ1n) is 4.89. The van der Waals surface area contributed by atoms with Crippen LogP contribution in [0.4, 0.5) is 0 Å². The molecule has 3 fully saturated rings. The van der Waals surface area contributed by atoms with E-state index >= 15 is 0 Å². The second-order valence-electron chi connectivity index (χ2n) is 4.30. The minimum absolute atomic E-state index is 0.708. The lowest BCUT2D eigenvalue weighted by molar-refractivity contribution is 0.00904. The summed E-state index contributed by atoms with van der Waals surface area (Å²) in [7, 11) is 0. The van der Waals surface area contributed by atoms with Crippen molar-refractivity contribution in [1.29, 1.82) is 0 Å². The maximum absolute atomic E-state index is 4.48. The molecule has 0 radical (unpaired) electrons. The minimum Gasteiger partial charge on any atom is -0.295 e. The third kappa shape index (κ3) is 1.38. The molecular weight excluding hydrogens is 168 g/mol. The van der Waals surface area contributed by atoms with Gasteiger partial charge in [-0.15, -0.1) is 0 Å². The maximum Gasteiger partial charge on any atom is 0.0329 e. The highest BCUT2D eigenvalue weighted by atomic mass is 32.1. The van der Waals surface area contributed by atoms with Gasteiger partial charge in [-0.3, -0.25) is 4.90 Å². The van der Waals surface area contributed by atoms with Crippen molar-refractivity contribution in [3.63, 3.8) is 0 Å². The van der Waals surface area contributed by atoms with Crippen LogP contribution in [-0.2, 0) is 0 Å². The molecule has 3 rings (SSSR count). The molecular formula is C9H18N2S. The fourth-order valence-corrected chi connectivity index (χ4v) is 2.85. The third-order valence-corrected chi connectivity index (χ3v) is 3.70. The lowest BCUT2D eigenvalue weighted by atomic mass is 9.92. The van der Waals surface area contributed by atoms with Crippen LogP contribution >= 0.6 is 12.8 Å². The van der Waals surface area contributed by atoms with Crippen molar-refractivity contribution in [2.24, 2.45) is 0 Å². The van der Waals surface area contributed by atoms with Crippen LogP contribution in [-0.4, -0.2) is 40.4 Å². The Bertz CT molecular complexity index is 172. The average molecular weight is 186 g/mol. The minimum atomic E-state index is 0.708. The lowest BCUT2D eigenvalue weighted by Gasteiger charge is -2.51. The molecule has 3 aliphatic rings. The molecule has 2 atom stereocenters. The molecule has 3 heterocycles. The van der Waals surface area contributed by atoms with Gasteiger partial charge in [0.2, 0.25) is 0 Å². The van der Waals surface area contributed by atoms with Gasteiger partial charge < -0.3 is 0 Å². The molecule has 3 saturated heterocycles. The number of piperidine rings is 2. The van der Waals surface area contributed by atoms with Crippen molar-refractivity contribution in [1.82, 2.24) is 9.21 Å². The molecule has 3 aliphatic heterocycles. The highest BCUT2D eigenvalue weighted by molar-refractivity contribution is 7.77. The molecule has 2 unspecified atom stereocenters.